The van der Waals surface area contributed by atoms with E-state index >= 15 is 0 Å². The van der Waals surface area contributed by atoms with Crippen LogP contribution in [0.3, 0.4) is 0 Å². The molecule has 0 bridgehead atoms. The summed E-state index contributed by atoms with van der Waals surface area (Å²) in [6.45, 7) is 3.83. The quantitative estimate of drug-likeness (QED) is 0.823. The maximum Gasteiger partial charge on any atom is 0.256 e. The summed E-state index contributed by atoms with van der Waals surface area (Å²) in [6, 6.07) is 11.1. The predicted octanol–water partition coefficient (Wildman–Crippen LogP) is 4.97. The van der Waals surface area contributed by atoms with Crippen LogP contribution in [0.1, 0.15) is 21.5 Å². The number of anilines is 1. The fourth-order valence-corrected chi connectivity index (χ4v) is 2.35. The fraction of sp³-hybridized carbons (Fsp3) is 0.133. The SMILES string of the molecule is Cc1ccc(Br)c(C(=O)Nc2cccc(Cl)c2C)c1. The highest BCUT2D eigenvalue weighted by Gasteiger charge is 2.12. The second kappa shape index (κ2) is 5.76. The minimum absolute atomic E-state index is 0.152. The van der Waals surface area contributed by atoms with Crippen LogP contribution in [0.15, 0.2) is 40.9 Å². The highest BCUT2D eigenvalue weighted by atomic mass is 79.9. The molecule has 1 N–H and O–H groups in total. The summed E-state index contributed by atoms with van der Waals surface area (Å²) in [4.78, 5) is 12.3. The summed E-state index contributed by atoms with van der Waals surface area (Å²) in [6.07, 6.45) is 0. The average Bonchev–Trinajstić information content (AvgIpc) is 2.38. The van der Waals surface area contributed by atoms with Gasteiger partial charge in [-0.25, -0.2) is 0 Å². The van der Waals surface area contributed by atoms with Gasteiger partial charge < -0.3 is 5.32 Å². The van der Waals surface area contributed by atoms with Gasteiger partial charge in [-0.05, 0) is 59.6 Å². The molecule has 4 heteroatoms. The number of aryl methyl sites for hydroxylation is 1. The van der Waals surface area contributed by atoms with Gasteiger partial charge in [-0.15, -0.1) is 0 Å². The monoisotopic (exact) mass is 337 g/mol. The number of carbonyl (C=O) groups is 1. The third kappa shape index (κ3) is 3.17. The summed E-state index contributed by atoms with van der Waals surface area (Å²) in [7, 11) is 0. The molecule has 0 unspecified atom stereocenters. The van der Waals surface area contributed by atoms with Gasteiger partial charge in [-0.3, -0.25) is 4.79 Å². The summed E-state index contributed by atoms with van der Waals surface area (Å²) >= 11 is 9.43. The molecule has 0 aliphatic rings. The molecule has 0 aliphatic heterocycles. The fourth-order valence-electron chi connectivity index (χ4n) is 1.75. The number of hydrogen-bond donors (Lipinski definition) is 1. The van der Waals surface area contributed by atoms with Crippen LogP contribution in [0.2, 0.25) is 5.02 Å². The van der Waals surface area contributed by atoms with Gasteiger partial charge in [-0.1, -0.05) is 29.3 Å². The molecule has 2 aromatic rings. The van der Waals surface area contributed by atoms with Crippen molar-refractivity contribution in [1.29, 1.82) is 0 Å². The van der Waals surface area contributed by atoms with Crippen molar-refractivity contribution >= 4 is 39.1 Å². The Labute approximate surface area is 125 Å². The molecule has 19 heavy (non-hydrogen) atoms. The first-order valence-corrected chi connectivity index (χ1v) is 6.99. The minimum Gasteiger partial charge on any atom is -0.322 e. The maximum absolute atomic E-state index is 12.3. The summed E-state index contributed by atoms with van der Waals surface area (Å²) in [5.74, 6) is -0.152. The van der Waals surface area contributed by atoms with Crippen molar-refractivity contribution in [2.75, 3.05) is 5.32 Å². The van der Waals surface area contributed by atoms with E-state index in [0.717, 1.165) is 21.3 Å². The van der Waals surface area contributed by atoms with Gasteiger partial charge in [0.25, 0.3) is 5.91 Å². The zero-order chi connectivity index (χ0) is 14.0. The third-order valence-corrected chi connectivity index (χ3v) is 3.98. The van der Waals surface area contributed by atoms with E-state index in [2.05, 4.69) is 21.2 Å². The molecular formula is C15H13BrClNO. The van der Waals surface area contributed by atoms with Gasteiger partial charge in [0.05, 0.1) is 5.56 Å². The van der Waals surface area contributed by atoms with Crippen molar-refractivity contribution in [3.8, 4) is 0 Å². The lowest BCUT2D eigenvalue weighted by molar-refractivity contribution is 0.102. The smallest absolute Gasteiger partial charge is 0.256 e. The van der Waals surface area contributed by atoms with Crippen LogP contribution in [-0.4, -0.2) is 5.91 Å². The van der Waals surface area contributed by atoms with E-state index in [1.807, 2.05) is 44.2 Å². The minimum atomic E-state index is -0.152. The number of carbonyl (C=O) groups excluding carboxylic acids is 1. The Kier molecular flexibility index (Phi) is 4.27. The number of rotatable bonds is 2. The zero-order valence-corrected chi connectivity index (χ0v) is 13.0. The Bertz CT molecular complexity index is 640. The molecule has 0 fully saturated rings. The Morgan fingerprint density at radius 3 is 2.68 bits per heavy atom. The van der Waals surface area contributed by atoms with E-state index in [9.17, 15) is 4.79 Å². The molecule has 0 atom stereocenters. The van der Waals surface area contributed by atoms with Crippen molar-refractivity contribution in [2.24, 2.45) is 0 Å². The van der Waals surface area contributed by atoms with Gasteiger partial charge in [0, 0.05) is 15.2 Å². The first kappa shape index (κ1) is 14.1. The lowest BCUT2D eigenvalue weighted by Gasteiger charge is -2.11. The van der Waals surface area contributed by atoms with Crippen LogP contribution in [-0.2, 0) is 0 Å². The first-order chi connectivity index (χ1) is 8.99. The number of amides is 1. The number of hydrogen-bond acceptors (Lipinski definition) is 1. The van der Waals surface area contributed by atoms with Gasteiger partial charge >= 0.3 is 0 Å². The lowest BCUT2D eigenvalue weighted by Crippen LogP contribution is -2.13. The normalized spacial score (nSPS) is 10.3. The zero-order valence-electron chi connectivity index (χ0n) is 10.6. The highest BCUT2D eigenvalue weighted by Crippen LogP contribution is 2.25. The van der Waals surface area contributed by atoms with Gasteiger partial charge in [0.2, 0.25) is 0 Å². The van der Waals surface area contributed by atoms with Crippen LogP contribution < -0.4 is 5.32 Å². The molecule has 0 aromatic heterocycles. The molecule has 0 radical (unpaired) electrons. The summed E-state index contributed by atoms with van der Waals surface area (Å²) in [5, 5.41) is 3.52. The van der Waals surface area contributed by atoms with Gasteiger partial charge in [0.1, 0.15) is 0 Å². The highest BCUT2D eigenvalue weighted by molar-refractivity contribution is 9.10. The van der Waals surface area contributed by atoms with E-state index in [0.29, 0.717) is 10.6 Å². The van der Waals surface area contributed by atoms with Crippen molar-refractivity contribution < 1.29 is 4.79 Å². The number of nitrogens with one attached hydrogen (secondary N) is 1. The largest absolute Gasteiger partial charge is 0.322 e. The van der Waals surface area contributed by atoms with Crippen molar-refractivity contribution in [1.82, 2.24) is 0 Å². The van der Waals surface area contributed by atoms with Crippen LogP contribution in [0, 0.1) is 13.8 Å². The number of halogens is 2. The van der Waals surface area contributed by atoms with Gasteiger partial charge in [-0.2, -0.15) is 0 Å². The van der Waals surface area contributed by atoms with Crippen LogP contribution >= 0.6 is 27.5 Å². The molecule has 0 aliphatic carbocycles. The molecule has 2 aromatic carbocycles. The first-order valence-electron chi connectivity index (χ1n) is 5.81. The Balaban J connectivity index is 2.31. The Morgan fingerprint density at radius 2 is 1.95 bits per heavy atom. The average molecular weight is 339 g/mol. The Hall–Kier alpha value is -1.32. The molecule has 2 nitrogen and oxygen atoms in total. The molecule has 0 heterocycles. The van der Waals surface area contributed by atoms with E-state index in [1.54, 1.807) is 6.07 Å². The van der Waals surface area contributed by atoms with Crippen LogP contribution in [0.25, 0.3) is 0 Å². The molecule has 0 saturated carbocycles. The topological polar surface area (TPSA) is 29.1 Å². The second-order valence-corrected chi connectivity index (χ2v) is 5.61. The van der Waals surface area contributed by atoms with Crippen LogP contribution in [0.4, 0.5) is 5.69 Å². The predicted molar refractivity (Wildman–Crippen MR) is 83.0 cm³/mol. The standard InChI is InChI=1S/C15H13BrClNO/c1-9-6-7-12(16)11(8-9)15(19)18-14-5-3-4-13(17)10(14)2/h3-8H,1-2H3,(H,18,19). The summed E-state index contributed by atoms with van der Waals surface area (Å²) < 4.78 is 0.773. The van der Waals surface area contributed by atoms with E-state index < -0.39 is 0 Å². The van der Waals surface area contributed by atoms with Crippen LogP contribution in [0.5, 0.6) is 0 Å². The summed E-state index contributed by atoms with van der Waals surface area (Å²) in [5.41, 5.74) is 3.24. The van der Waals surface area contributed by atoms with E-state index in [4.69, 9.17) is 11.6 Å². The van der Waals surface area contributed by atoms with Crippen molar-refractivity contribution in [2.45, 2.75) is 13.8 Å². The third-order valence-electron chi connectivity index (χ3n) is 2.88. The van der Waals surface area contributed by atoms with E-state index in [1.165, 1.54) is 0 Å². The van der Waals surface area contributed by atoms with Crippen molar-refractivity contribution in [3.05, 3.63) is 62.6 Å². The molecular weight excluding hydrogens is 326 g/mol. The number of benzene rings is 2. The lowest BCUT2D eigenvalue weighted by atomic mass is 10.1. The molecule has 98 valence electrons. The molecule has 0 saturated heterocycles. The van der Waals surface area contributed by atoms with E-state index in [-0.39, 0.29) is 5.91 Å². The van der Waals surface area contributed by atoms with Crippen molar-refractivity contribution in [3.63, 3.8) is 0 Å². The molecule has 2 rings (SSSR count). The maximum atomic E-state index is 12.3. The Morgan fingerprint density at radius 1 is 1.21 bits per heavy atom. The second-order valence-electron chi connectivity index (χ2n) is 4.35. The van der Waals surface area contributed by atoms with Gasteiger partial charge in [0.15, 0.2) is 0 Å². The molecule has 0 spiro atoms. The molecule has 1 amide bonds.